The van der Waals surface area contributed by atoms with Crippen molar-refractivity contribution in [2.75, 3.05) is 0 Å². The average molecular weight is 335 g/mol. The van der Waals surface area contributed by atoms with Crippen LogP contribution in [0.25, 0.3) is 11.0 Å². The Labute approximate surface area is 124 Å². The number of para-hydroxylation sites is 1. The van der Waals surface area contributed by atoms with Crippen LogP contribution in [0.3, 0.4) is 0 Å². The van der Waals surface area contributed by atoms with Gasteiger partial charge < -0.3 is 9.52 Å². The van der Waals surface area contributed by atoms with Gasteiger partial charge in [-0.15, -0.1) is 0 Å². The van der Waals surface area contributed by atoms with Gasteiger partial charge in [0, 0.05) is 17.4 Å². The van der Waals surface area contributed by atoms with E-state index in [1.807, 2.05) is 24.3 Å². The van der Waals surface area contributed by atoms with E-state index in [4.69, 9.17) is 4.42 Å². The quantitative estimate of drug-likeness (QED) is 0.758. The Morgan fingerprint density at radius 1 is 1.15 bits per heavy atom. The lowest BCUT2D eigenvalue weighted by molar-refractivity contribution is 0.178. The van der Waals surface area contributed by atoms with Gasteiger partial charge in [0.15, 0.2) is 0 Å². The fraction of sp³-hybridized carbons (Fsp3) is 0.125. The van der Waals surface area contributed by atoms with Crippen LogP contribution < -0.4 is 0 Å². The predicted molar refractivity (Wildman–Crippen MR) is 79.0 cm³/mol. The number of aliphatic hydroxyl groups is 1. The van der Waals surface area contributed by atoms with Crippen molar-refractivity contribution in [3.63, 3.8) is 0 Å². The molecule has 0 saturated carbocycles. The molecule has 0 saturated heterocycles. The average Bonchev–Trinajstić information content (AvgIpc) is 2.88. The largest absolute Gasteiger partial charge is 0.464 e. The summed E-state index contributed by atoms with van der Waals surface area (Å²) in [5.41, 5.74) is 2.18. The van der Waals surface area contributed by atoms with E-state index in [-0.39, 0.29) is 5.82 Å². The zero-order valence-corrected chi connectivity index (χ0v) is 12.1. The van der Waals surface area contributed by atoms with Gasteiger partial charge in [-0.1, -0.05) is 30.3 Å². The number of rotatable bonds is 3. The number of hydrogen-bond donors (Lipinski definition) is 1. The number of halogens is 2. The first-order valence-corrected chi connectivity index (χ1v) is 7.03. The van der Waals surface area contributed by atoms with Crippen molar-refractivity contribution >= 4 is 26.9 Å². The van der Waals surface area contributed by atoms with Gasteiger partial charge in [-0.2, -0.15) is 0 Å². The van der Waals surface area contributed by atoms with Gasteiger partial charge in [0.1, 0.15) is 11.4 Å². The summed E-state index contributed by atoms with van der Waals surface area (Å²) in [4.78, 5) is 0. The van der Waals surface area contributed by atoms with E-state index in [2.05, 4.69) is 15.9 Å². The van der Waals surface area contributed by atoms with E-state index in [0.29, 0.717) is 10.9 Å². The number of fused-ring (bicyclic) bond motifs is 1. The molecule has 0 aliphatic carbocycles. The van der Waals surface area contributed by atoms with Crippen LogP contribution in [0.4, 0.5) is 4.39 Å². The van der Waals surface area contributed by atoms with Crippen LogP contribution in [-0.4, -0.2) is 5.11 Å². The molecular weight excluding hydrogens is 323 g/mol. The highest BCUT2D eigenvalue weighted by Crippen LogP contribution is 2.30. The van der Waals surface area contributed by atoms with E-state index in [1.54, 1.807) is 18.4 Å². The topological polar surface area (TPSA) is 33.4 Å². The molecule has 0 radical (unpaired) electrons. The summed E-state index contributed by atoms with van der Waals surface area (Å²) in [5, 5.41) is 11.3. The summed E-state index contributed by atoms with van der Waals surface area (Å²) in [5.74, 6) is -0.327. The molecule has 3 rings (SSSR count). The molecule has 1 N–H and O–H groups in total. The van der Waals surface area contributed by atoms with Crippen LogP contribution in [0.2, 0.25) is 0 Å². The second-order valence-corrected chi connectivity index (χ2v) is 5.41. The molecule has 1 heterocycles. The van der Waals surface area contributed by atoms with E-state index in [9.17, 15) is 9.50 Å². The number of benzene rings is 2. The van der Waals surface area contributed by atoms with Crippen LogP contribution in [0.5, 0.6) is 0 Å². The van der Waals surface area contributed by atoms with Crippen LogP contribution in [0.15, 0.2) is 57.6 Å². The Balaban J connectivity index is 1.93. The SMILES string of the molecule is OC(Cc1cccc(F)c1Br)c1coc2ccccc12. The van der Waals surface area contributed by atoms with Gasteiger partial charge in [-0.3, -0.25) is 0 Å². The van der Waals surface area contributed by atoms with Crippen molar-refractivity contribution in [3.8, 4) is 0 Å². The van der Waals surface area contributed by atoms with Crippen LogP contribution in [0.1, 0.15) is 17.2 Å². The minimum Gasteiger partial charge on any atom is -0.464 e. The molecule has 102 valence electrons. The van der Waals surface area contributed by atoms with Crippen molar-refractivity contribution < 1.29 is 13.9 Å². The molecule has 0 amide bonds. The van der Waals surface area contributed by atoms with Crippen molar-refractivity contribution in [3.05, 3.63) is 70.1 Å². The van der Waals surface area contributed by atoms with E-state index >= 15 is 0 Å². The molecule has 1 atom stereocenters. The second kappa shape index (κ2) is 5.38. The van der Waals surface area contributed by atoms with Crippen LogP contribution in [0, 0.1) is 5.82 Å². The van der Waals surface area contributed by atoms with Crippen molar-refractivity contribution in [1.82, 2.24) is 0 Å². The Morgan fingerprint density at radius 3 is 2.80 bits per heavy atom. The third-order valence-electron chi connectivity index (χ3n) is 3.31. The summed E-state index contributed by atoms with van der Waals surface area (Å²) in [6.45, 7) is 0. The highest BCUT2D eigenvalue weighted by molar-refractivity contribution is 9.10. The number of furan rings is 1. The van der Waals surface area contributed by atoms with Gasteiger partial charge in [-0.25, -0.2) is 4.39 Å². The lowest BCUT2D eigenvalue weighted by Gasteiger charge is -2.11. The fourth-order valence-electron chi connectivity index (χ4n) is 2.28. The molecule has 20 heavy (non-hydrogen) atoms. The zero-order chi connectivity index (χ0) is 14.1. The monoisotopic (exact) mass is 334 g/mol. The number of hydrogen-bond acceptors (Lipinski definition) is 2. The lowest BCUT2D eigenvalue weighted by Crippen LogP contribution is -2.02. The Hall–Kier alpha value is -1.65. The maximum Gasteiger partial charge on any atom is 0.137 e. The molecule has 0 aliphatic heterocycles. The Morgan fingerprint density at radius 2 is 1.95 bits per heavy atom. The standard InChI is InChI=1S/C16H12BrFO2/c17-16-10(4-3-6-13(16)18)8-14(19)12-9-20-15-7-2-1-5-11(12)15/h1-7,9,14,19H,8H2. The molecule has 1 aromatic heterocycles. The minimum atomic E-state index is -0.739. The summed E-state index contributed by atoms with van der Waals surface area (Å²) in [6.07, 6.45) is 1.14. The van der Waals surface area contributed by atoms with Crippen LogP contribution in [-0.2, 0) is 6.42 Å². The zero-order valence-electron chi connectivity index (χ0n) is 10.5. The van der Waals surface area contributed by atoms with Gasteiger partial charge in [0.2, 0.25) is 0 Å². The van der Waals surface area contributed by atoms with Crippen molar-refractivity contribution in [2.45, 2.75) is 12.5 Å². The highest BCUT2D eigenvalue weighted by atomic mass is 79.9. The molecule has 3 aromatic rings. The Bertz CT molecular complexity index is 751. The molecule has 0 aliphatic rings. The summed E-state index contributed by atoms with van der Waals surface area (Å²) < 4.78 is 19.3. The molecule has 2 nitrogen and oxygen atoms in total. The van der Waals surface area contributed by atoms with E-state index < -0.39 is 6.10 Å². The highest BCUT2D eigenvalue weighted by Gasteiger charge is 2.17. The third-order valence-corrected chi connectivity index (χ3v) is 4.20. The molecular formula is C16H12BrFO2. The molecule has 0 fully saturated rings. The summed E-state index contributed by atoms with van der Waals surface area (Å²) >= 11 is 3.21. The maximum absolute atomic E-state index is 13.5. The third kappa shape index (κ3) is 2.37. The second-order valence-electron chi connectivity index (χ2n) is 4.62. The van der Waals surface area contributed by atoms with Crippen molar-refractivity contribution in [1.29, 1.82) is 0 Å². The lowest BCUT2D eigenvalue weighted by atomic mass is 10.0. The molecule has 4 heteroatoms. The summed E-state index contributed by atoms with van der Waals surface area (Å²) in [7, 11) is 0. The van der Waals surface area contributed by atoms with E-state index in [0.717, 1.165) is 22.1 Å². The van der Waals surface area contributed by atoms with Gasteiger partial charge in [-0.05, 0) is 33.6 Å². The smallest absolute Gasteiger partial charge is 0.137 e. The minimum absolute atomic E-state index is 0.321. The molecule has 0 spiro atoms. The first kappa shape index (κ1) is 13.3. The molecule has 1 unspecified atom stereocenters. The first-order valence-electron chi connectivity index (χ1n) is 6.24. The normalized spacial score (nSPS) is 12.8. The summed E-state index contributed by atoms with van der Waals surface area (Å²) in [6, 6.07) is 12.3. The van der Waals surface area contributed by atoms with Gasteiger partial charge >= 0.3 is 0 Å². The molecule has 0 bridgehead atoms. The van der Waals surface area contributed by atoms with Crippen LogP contribution >= 0.6 is 15.9 Å². The Kier molecular flexibility index (Phi) is 3.59. The predicted octanol–water partition coefficient (Wildman–Crippen LogP) is 4.61. The number of aliphatic hydroxyl groups excluding tert-OH is 1. The van der Waals surface area contributed by atoms with E-state index in [1.165, 1.54) is 6.07 Å². The fourth-order valence-corrected chi connectivity index (χ4v) is 2.71. The first-order chi connectivity index (χ1) is 9.66. The maximum atomic E-state index is 13.5. The van der Waals surface area contributed by atoms with Gasteiger partial charge in [0.05, 0.1) is 16.8 Å². The molecule has 2 aromatic carbocycles. The van der Waals surface area contributed by atoms with Crippen molar-refractivity contribution in [2.24, 2.45) is 0 Å². The van der Waals surface area contributed by atoms with Gasteiger partial charge in [0.25, 0.3) is 0 Å².